The molecular weight excluding hydrogens is 246 g/mol. The quantitative estimate of drug-likeness (QED) is 0.524. The number of rotatable bonds is 5. The molecule has 17 heavy (non-hydrogen) atoms. The van der Waals surface area contributed by atoms with E-state index in [9.17, 15) is 13.2 Å². The summed E-state index contributed by atoms with van der Waals surface area (Å²) >= 11 is 0. The van der Waals surface area contributed by atoms with Gasteiger partial charge in [-0.05, 0) is 18.2 Å². The van der Waals surface area contributed by atoms with Crippen molar-refractivity contribution in [3.63, 3.8) is 0 Å². The predicted octanol–water partition coefficient (Wildman–Crippen LogP) is -0.661. The molecule has 0 aliphatic heterocycles. The summed E-state index contributed by atoms with van der Waals surface area (Å²) in [4.78, 5) is 10.3. The van der Waals surface area contributed by atoms with Crippen molar-refractivity contribution in [3.05, 3.63) is 24.3 Å². The molecule has 0 fully saturated rings. The Labute approximate surface area is 98.7 Å². The fourth-order valence-corrected chi connectivity index (χ4v) is 2.18. The molecule has 5 N–H and O–H groups in total. The van der Waals surface area contributed by atoms with Gasteiger partial charge in [0.25, 0.3) is 0 Å². The molecule has 0 aromatic heterocycles. The van der Waals surface area contributed by atoms with E-state index in [1.165, 1.54) is 18.2 Å². The molecule has 0 heterocycles. The zero-order valence-electron chi connectivity index (χ0n) is 8.88. The van der Waals surface area contributed by atoms with Gasteiger partial charge in [0.2, 0.25) is 10.0 Å². The van der Waals surface area contributed by atoms with Crippen LogP contribution in [0.4, 0.5) is 4.79 Å². The van der Waals surface area contributed by atoms with Crippen LogP contribution in [0.25, 0.3) is 0 Å². The number of hydrogen-bond acceptors (Lipinski definition) is 4. The Hall–Kier alpha value is -1.80. The molecular formula is C9H13N3O4S. The molecule has 1 aromatic carbocycles. The highest BCUT2D eigenvalue weighted by molar-refractivity contribution is 7.89. The minimum absolute atomic E-state index is 0.0148. The maximum absolute atomic E-state index is 11.7. The standard InChI is InChI=1S/C9H13N3O4S/c10-9(14)11-4-5-12-17(15,16)8-3-1-2-7(13)6-8/h1-3,6,12-13H,4-5H2,(H3,10,11,14). The third kappa shape index (κ3) is 4.29. The van der Waals surface area contributed by atoms with E-state index in [1.54, 1.807) is 0 Å². The van der Waals surface area contributed by atoms with Crippen molar-refractivity contribution in [2.75, 3.05) is 13.1 Å². The number of hydrogen-bond donors (Lipinski definition) is 4. The number of nitrogens with two attached hydrogens (primary N) is 1. The third-order valence-electron chi connectivity index (χ3n) is 1.84. The van der Waals surface area contributed by atoms with E-state index in [1.807, 2.05) is 0 Å². The molecule has 0 radical (unpaired) electrons. The van der Waals surface area contributed by atoms with Crippen LogP contribution < -0.4 is 15.8 Å². The molecule has 7 nitrogen and oxygen atoms in total. The zero-order valence-corrected chi connectivity index (χ0v) is 9.70. The van der Waals surface area contributed by atoms with E-state index in [-0.39, 0.29) is 23.7 Å². The van der Waals surface area contributed by atoms with Crippen molar-refractivity contribution in [3.8, 4) is 5.75 Å². The summed E-state index contributed by atoms with van der Waals surface area (Å²) in [7, 11) is -3.68. The monoisotopic (exact) mass is 259 g/mol. The topological polar surface area (TPSA) is 122 Å². The first-order valence-electron chi connectivity index (χ1n) is 4.74. The van der Waals surface area contributed by atoms with Crippen molar-refractivity contribution >= 4 is 16.1 Å². The number of nitrogens with one attached hydrogen (secondary N) is 2. The fraction of sp³-hybridized carbons (Fsp3) is 0.222. The Morgan fingerprint density at radius 3 is 2.65 bits per heavy atom. The van der Waals surface area contributed by atoms with Gasteiger partial charge in [-0.1, -0.05) is 6.07 Å². The smallest absolute Gasteiger partial charge is 0.312 e. The summed E-state index contributed by atoms with van der Waals surface area (Å²) in [6.07, 6.45) is 0. The molecule has 0 bridgehead atoms. The average Bonchev–Trinajstić information content (AvgIpc) is 2.24. The summed E-state index contributed by atoms with van der Waals surface area (Å²) in [5.74, 6) is -0.136. The van der Waals surface area contributed by atoms with Gasteiger partial charge in [0.1, 0.15) is 5.75 Å². The number of primary amides is 1. The molecule has 1 aromatic rings. The molecule has 0 saturated heterocycles. The van der Waals surface area contributed by atoms with Gasteiger partial charge in [0.15, 0.2) is 0 Å². The van der Waals surface area contributed by atoms with E-state index in [0.717, 1.165) is 6.07 Å². The van der Waals surface area contributed by atoms with Crippen molar-refractivity contribution in [1.82, 2.24) is 10.0 Å². The molecule has 0 spiro atoms. The van der Waals surface area contributed by atoms with Gasteiger partial charge in [-0.15, -0.1) is 0 Å². The van der Waals surface area contributed by atoms with Crippen LogP contribution in [0, 0.1) is 0 Å². The summed E-state index contributed by atoms with van der Waals surface area (Å²) in [6, 6.07) is 4.55. The first kappa shape index (κ1) is 13.3. The van der Waals surface area contributed by atoms with E-state index in [4.69, 9.17) is 10.8 Å². The molecule has 94 valence electrons. The second-order valence-corrected chi connectivity index (χ2v) is 4.95. The maximum atomic E-state index is 11.7. The summed E-state index contributed by atoms with van der Waals surface area (Å²) < 4.78 is 25.6. The molecule has 0 saturated carbocycles. The van der Waals surface area contributed by atoms with Crippen LogP contribution in [0.2, 0.25) is 0 Å². The van der Waals surface area contributed by atoms with Gasteiger partial charge < -0.3 is 16.2 Å². The molecule has 0 aliphatic carbocycles. The fourth-order valence-electron chi connectivity index (χ4n) is 1.11. The van der Waals surface area contributed by atoms with Gasteiger partial charge >= 0.3 is 6.03 Å². The van der Waals surface area contributed by atoms with Crippen LogP contribution in [-0.2, 0) is 10.0 Å². The molecule has 8 heteroatoms. The van der Waals surface area contributed by atoms with Crippen molar-refractivity contribution < 1.29 is 18.3 Å². The van der Waals surface area contributed by atoms with E-state index in [0.29, 0.717) is 0 Å². The molecule has 1 rings (SSSR count). The van der Waals surface area contributed by atoms with Crippen molar-refractivity contribution in [2.45, 2.75) is 4.90 Å². The number of aromatic hydroxyl groups is 1. The van der Waals surface area contributed by atoms with Crippen LogP contribution in [0.5, 0.6) is 5.75 Å². The third-order valence-corrected chi connectivity index (χ3v) is 3.30. The van der Waals surface area contributed by atoms with Gasteiger partial charge in [-0.2, -0.15) is 0 Å². The van der Waals surface area contributed by atoms with Crippen molar-refractivity contribution in [1.29, 1.82) is 0 Å². The Kier molecular flexibility index (Phi) is 4.30. The average molecular weight is 259 g/mol. The number of phenolic OH excluding ortho intramolecular Hbond substituents is 1. The Balaban J connectivity index is 2.60. The molecule has 0 atom stereocenters. The lowest BCUT2D eigenvalue weighted by Crippen LogP contribution is -2.37. The number of phenols is 1. The van der Waals surface area contributed by atoms with Gasteiger partial charge in [-0.3, -0.25) is 0 Å². The first-order chi connectivity index (χ1) is 7.92. The van der Waals surface area contributed by atoms with E-state index < -0.39 is 16.1 Å². The van der Waals surface area contributed by atoms with Crippen LogP contribution in [0.15, 0.2) is 29.2 Å². The summed E-state index contributed by atoms with van der Waals surface area (Å²) in [5.41, 5.74) is 4.81. The summed E-state index contributed by atoms with van der Waals surface area (Å²) in [5, 5.41) is 11.4. The number of urea groups is 1. The van der Waals surface area contributed by atoms with Crippen LogP contribution in [0.3, 0.4) is 0 Å². The zero-order chi connectivity index (χ0) is 12.9. The first-order valence-corrected chi connectivity index (χ1v) is 6.22. The lowest BCUT2D eigenvalue weighted by atomic mass is 10.3. The van der Waals surface area contributed by atoms with Gasteiger partial charge in [-0.25, -0.2) is 17.9 Å². The Bertz CT molecular complexity index is 501. The lowest BCUT2D eigenvalue weighted by molar-refractivity contribution is 0.249. The Morgan fingerprint density at radius 2 is 2.06 bits per heavy atom. The number of carbonyl (C=O) groups is 1. The predicted molar refractivity (Wildman–Crippen MR) is 60.9 cm³/mol. The summed E-state index contributed by atoms with van der Waals surface area (Å²) in [6.45, 7) is 0.105. The van der Waals surface area contributed by atoms with E-state index in [2.05, 4.69) is 10.0 Å². The molecule has 2 amide bonds. The van der Waals surface area contributed by atoms with E-state index >= 15 is 0 Å². The molecule has 0 unspecified atom stereocenters. The van der Waals surface area contributed by atoms with Crippen molar-refractivity contribution in [2.24, 2.45) is 5.73 Å². The van der Waals surface area contributed by atoms with Crippen LogP contribution in [-0.4, -0.2) is 32.6 Å². The highest BCUT2D eigenvalue weighted by Gasteiger charge is 2.13. The van der Waals surface area contributed by atoms with Crippen LogP contribution >= 0.6 is 0 Å². The second kappa shape index (κ2) is 5.51. The number of carbonyl (C=O) groups excluding carboxylic acids is 1. The number of sulfonamides is 1. The second-order valence-electron chi connectivity index (χ2n) is 3.19. The minimum Gasteiger partial charge on any atom is -0.508 e. The number of benzene rings is 1. The SMILES string of the molecule is NC(=O)NCCNS(=O)(=O)c1cccc(O)c1. The van der Waals surface area contributed by atoms with Gasteiger partial charge in [0.05, 0.1) is 4.90 Å². The Morgan fingerprint density at radius 1 is 1.35 bits per heavy atom. The molecule has 0 aliphatic rings. The lowest BCUT2D eigenvalue weighted by Gasteiger charge is -2.07. The maximum Gasteiger partial charge on any atom is 0.312 e. The normalized spacial score (nSPS) is 11.1. The minimum atomic E-state index is -3.68. The highest BCUT2D eigenvalue weighted by atomic mass is 32.2. The highest BCUT2D eigenvalue weighted by Crippen LogP contribution is 2.15. The number of amides is 2. The largest absolute Gasteiger partial charge is 0.508 e. The van der Waals surface area contributed by atoms with Crippen LogP contribution in [0.1, 0.15) is 0 Å². The van der Waals surface area contributed by atoms with Gasteiger partial charge in [0, 0.05) is 13.1 Å².